The fourth-order valence-corrected chi connectivity index (χ4v) is 0.661. The number of rotatable bonds is 4. The normalized spacial score (nSPS) is 12.8. The Bertz CT molecular complexity index is 180. The van der Waals surface area contributed by atoms with Crippen LogP contribution in [0.4, 0.5) is 0 Å². The number of carbonyl (C=O) groups is 1. The van der Waals surface area contributed by atoms with E-state index in [9.17, 15) is 9.90 Å². The van der Waals surface area contributed by atoms with Crippen molar-refractivity contribution in [3.63, 3.8) is 0 Å². The van der Waals surface area contributed by atoms with Crippen LogP contribution in [-0.2, 0) is 4.79 Å². The first kappa shape index (κ1) is 12.4. The van der Waals surface area contributed by atoms with Crippen LogP contribution in [0.25, 0.3) is 0 Å². The fourth-order valence-electron chi connectivity index (χ4n) is 0.661. The summed E-state index contributed by atoms with van der Waals surface area (Å²) in [6, 6.07) is 0. The summed E-state index contributed by atoms with van der Waals surface area (Å²) in [5.74, 6) is -0.311. The van der Waals surface area contributed by atoms with Crippen molar-refractivity contribution in [2.24, 2.45) is 5.41 Å². The highest BCUT2D eigenvalue weighted by molar-refractivity contribution is 5.83. The molecule has 0 aromatic heterocycles. The van der Waals surface area contributed by atoms with Gasteiger partial charge in [-0.2, -0.15) is 0 Å². The standard InChI is InChI=1S/C10H21NO2/c1-6-9(2,3)7-11-8(12)10(4,5)13/h13H,6-7H2,1-5H3,(H,11,12). The quantitative estimate of drug-likeness (QED) is 0.697. The number of aliphatic hydroxyl groups is 1. The average Bonchev–Trinajstić information content (AvgIpc) is 1.98. The predicted octanol–water partition coefficient (Wildman–Crippen LogP) is 1.31. The molecule has 0 radical (unpaired) electrons. The number of hydrogen-bond donors (Lipinski definition) is 2. The Kier molecular flexibility index (Phi) is 3.91. The molecule has 13 heavy (non-hydrogen) atoms. The van der Waals surface area contributed by atoms with Gasteiger partial charge in [-0.05, 0) is 25.7 Å². The van der Waals surface area contributed by atoms with Gasteiger partial charge in [-0.25, -0.2) is 0 Å². The first-order chi connectivity index (χ1) is 5.69. The first-order valence-electron chi connectivity index (χ1n) is 4.70. The van der Waals surface area contributed by atoms with Crippen molar-refractivity contribution in [2.45, 2.75) is 46.6 Å². The van der Waals surface area contributed by atoms with Gasteiger partial charge in [0.1, 0.15) is 5.60 Å². The van der Waals surface area contributed by atoms with Crippen LogP contribution < -0.4 is 5.32 Å². The minimum atomic E-state index is -1.27. The van der Waals surface area contributed by atoms with Crippen LogP contribution in [0.15, 0.2) is 0 Å². The molecule has 0 atom stereocenters. The van der Waals surface area contributed by atoms with E-state index in [1.54, 1.807) is 0 Å². The lowest BCUT2D eigenvalue weighted by molar-refractivity contribution is -0.136. The largest absolute Gasteiger partial charge is 0.381 e. The van der Waals surface area contributed by atoms with E-state index in [0.29, 0.717) is 6.54 Å². The summed E-state index contributed by atoms with van der Waals surface area (Å²) < 4.78 is 0. The maximum atomic E-state index is 11.3. The Hall–Kier alpha value is -0.570. The third-order valence-corrected chi connectivity index (χ3v) is 2.24. The zero-order valence-electron chi connectivity index (χ0n) is 9.27. The number of amides is 1. The molecule has 0 heterocycles. The minimum Gasteiger partial charge on any atom is -0.381 e. The van der Waals surface area contributed by atoms with Crippen molar-refractivity contribution in [2.75, 3.05) is 6.54 Å². The molecule has 3 nitrogen and oxygen atoms in total. The highest BCUT2D eigenvalue weighted by Crippen LogP contribution is 2.18. The van der Waals surface area contributed by atoms with Gasteiger partial charge in [0.15, 0.2) is 0 Å². The van der Waals surface area contributed by atoms with Crippen molar-refractivity contribution in [3.05, 3.63) is 0 Å². The van der Waals surface area contributed by atoms with Gasteiger partial charge >= 0.3 is 0 Å². The smallest absolute Gasteiger partial charge is 0.251 e. The van der Waals surface area contributed by atoms with E-state index >= 15 is 0 Å². The maximum absolute atomic E-state index is 11.3. The van der Waals surface area contributed by atoms with Gasteiger partial charge in [-0.15, -0.1) is 0 Å². The molecule has 0 unspecified atom stereocenters. The van der Waals surface area contributed by atoms with E-state index in [4.69, 9.17) is 0 Å². The lowest BCUT2D eigenvalue weighted by Crippen LogP contribution is -2.45. The van der Waals surface area contributed by atoms with Crippen LogP contribution in [0.1, 0.15) is 41.0 Å². The highest BCUT2D eigenvalue weighted by Gasteiger charge is 2.25. The lowest BCUT2D eigenvalue weighted by atomic mass is 9.90. The zero-order chi connectivity index (χ0) is 10.7. The Balaban J connectivity index is 3.98. The van der Waals surface area contributed by atoms with Gasteiger partial charge in [0.05, 0.1) is 0 Å². The topological polar surface area (TPSA) is 49.3 Å². The molecule has 2 N–H and O–H groups in total. The Morgan fingerprint density at radius 3 is 2.08 bits per heavy atom. The summed E-state index contributed by atoms with van der Waals surface area (Å²) in [6.45, 7) is 9.82. The third kappa shape index (κ3) is 4.88. The SMILES string of the molecule is CCC(C)(C)CNC(=O)C(C)(C)O. The molecule has 0 fully saturated rings. The van der Waals surface area contributed by atoms with Gasteiger partial charge in [-0.1, -0.05) is 20.8 Å². The summed E-state index contributed by atoms with van der Waals surface area (Å²) in [7, 11) is 0. The number of nitrogens with one attached hydrogen (secondary N) is 1. The van der Waals surface area contributed by atoms with Crippen LogP contribution in [0, 0.1) is 5.41 Å². The second kappa shape index (κ2) is 4.09. The van der Waals surface area contributed by atoms with Gasteiger partial charge in [0.25, 0.3) is 5.91 Å². The molecule has 3 heteroatoms. The van der Waals surface area contributed by atoms with E-state index in [1.165, 1.54) is 13.8 Å². The monoisotopic (exact) mass is 187 g/mol. The summed E-state index contributed by atoms with van der Waals surface area (Å²) in [6.07, 6.45) is 0.999. The van der Waals surface area contributed by atoms with Crippen molar-refractivity contribution in [1.29, 1.82) is 0 Å². The second-order valence-electron chi connectivity index (χ2n) is 4.76. The number of carbonyl (C=O) groups excluding carboxylic acids is 1. The average molecular weight is 187 g/mol. The first-order valence-corrected chi connectivity index (χ1v) is 4.70. The van der Waals surface area contributed by atoms with E-state index in [0.717, 1.165) is 6.42 Å². The summed E-state index contributed by atoms with van der Waals surface area (Å²) >= 11 is 0. The van der Waals surface area contributed by atoms with Crippen molar-refractivity contribution < 1.29 is 9.90 Å². The molecule has 0 bridgehead atoms. The third-order valence-electron chi connectivity index (χ3n) is 2.24. The van der Waals surface area contributed by atoms with Gasteiger partial charge in [-0.3, -0.25) is 4.79 Å². The molecule has 0 rings (SSSR count). The molecular formula is C10H21NO2. The predicted molar refractivity (Wildman–Crippen MR) is 53.4 cm³/mol. The van der Waals surface area contributed by atoms with E-state index < -0.39 is 5.60 Å². The summed E-state index contributed by atoms with van der Waals surface area (Å²) in [4.78, 5) is 11.3. The molecule has 0 spiro atoms. The molecule has 0 aromatic carbocycles. The second-order valence-corrected chi connectivity index (χ2v) is 4.76. The van der Waals surface area contributed by atoms with Crippen LogP contribution in [0.5, 0.6) is 0 Å². The summed E-state index contributed by atoms with van der Waals surface area (Å²) in [5, 5.41) is 12.1. The Morgan fingerprint density at radius 2 is 1.77 bits per heavy atom. The van der Waals surface area contributed by atoms with E-state index in [1.807, 2.05) is 0 Å². The van der Waals surface area contributed by atoms with Gasteiger partial charge in [0, 0.05) is 6.54 Å². The summed E-state index contributed by atoms with van der Waals surface area (Å²) in [5.41, 5.74) is -1.18. The Labute approximate surface area is 80.5 Å². The van der Waals surface area contributed by atoms with Crippen LogP contribution in [0.3, 0.4) is 0 Å². The number of hydrogen-bond acceptors (Lipinski definition) is 2. The van der Waals surface area contributed by atoms with Gasteiger partial charge < -0.3 is 10.4 Å². The van der Waals surface area contributed by atoms with E-state index in [2.05, 4.69) is 26.1 Å². The molecular weight excluding hydrogens is 166 g/mol. The highest BCUT2D eigenvalue weighted by atomic mass is 16.3. The van der Waals surface area contributed by atoms with Crippen molar-refractivity contribution in [3.8, 4) is 0 Å². The molecule has 0 saturated heterocycles. The minimum absolute atomic E-state index is 0.0981. The van der Waals surface area contributed by atoms with Crippen LogP contribution in [0.2, 0.25) is 0 Å². The van der Waals surface area contributed by atoms with Crippen molar-refractivity contribution in [1.82, 2.24) is 5.32 Å². The molecule has 1 amide bonds. The molecule has 0 aromatic rings. The fraction of sp³-hybridized carbons (Fsp3) is 0.900. The van der Waals surface area contributed by atoms with E-state index in [-0.39, 0.29) is 11.3 Å². The Morgan fingerprint density at radius 1 is 1.31 bits per heavy atom. The van der Waals surface area contributed by atoms with Crippen LogP contribution >= 0.6 is 0 Å². The van der Waals surface area contributed by atoms with Gasteiger partial charge in [0.2, 0.25) is 0 Å². The van der Waals surface area contributed by atoms with Crippen molar-refractivity contribution >= 4 is 5.91 Å². The van der Waals surface area contributed by atoms with Crippen LogP contribution in [-0.4, -0.2) is 23.2 Å². The maximum Gasteiger partial charge on any atom is 0.251 e. The molecule has 78 valence electrons. The molecule has 0 aliphatic heterocycles. The molecule has 0 saturated carbocycles. The molecule has 0 aliphatic carbocycles. The molecule has 0 aliphatic rings. The lowest BCUT2D eigenvalue weighted by Gasteiger charge is -2.25. The zero-order valence-corrected chi connectivity index (χ0v) is 9.27.